The van der Waals surface area contributed by atoms with Gasteiger partial charge < -0.3 is 14.9 Å². The summed E-state index contributed by atoms with van der Waals surface area (Å²) in [6.45, 7) is 2.27. The van der Waals surface area contributed by atoms with Crippen LogP contribution in [0.3, 0.4) is 0 Å². The van der Waals surface area contributed by atoms with Gasteiger partial charge in [-0.3, -0.25) is 9.59 Å². The number of fused-ring (bicyclic) bond motifs is 5. The van der Waals surface area contributed by atoms with E-state index in [1.165, 1.54) is 11.1 Å². The molecule has 5 heteroatoms. The van der Waals surface area contributed by atoms with Crippen LogP contribution in [-0.2, 0) is 20.7 Å². The van der Waals surface area contributed by atoms with E-state index in [1.54, 1.807) is 6.07 Å². The number of benzene rings is 1. The Morgan fingerprint density at radius 2 is 2.00 bits per heavy atom. The molecule has 27 heavy (non-hydrogen) atoms. The molecule has 0 saturated heterocycles. The summed E-state index contributed by atoms with van der Waals surface area (Å²) >= 11 is 0. The fourth-order valence-electron chi connectivity index (χ4n) is 6.14. The van der Waals surface area contributed by atoms with Crippen LogP contribution in [0.15, 0.2) is 18.2 Å². The average molecular weight is 372 g/mol. The first kappa shape index (κ1) is 18.3. The number of rotatable bonds is 4. The predicted molar refractivity (Wildman–Crippen MR) is 99.5 cm³/mol. The minimum atomic E-state index is -0.963. The van der Waals surface area contributed by atoms with Crippen LogP contribution in [0.2, 0.25) is 0 Å². The summed E-state index contributed by atoms with van der Waals surface area (Å²) in [5.74, 6) is 0.681. The number of aromatic hydroxyl groups is 1. The standard InChI is InChI=1S/C22H28O5/c1-22-11-10-16-15-5-3-14(23)12-13(15)2-4-17(16)18(22)6-7-19(22)27-21(26)9-8-20(24)25/h3,5,12,16-19,23H,2,4,6-11H2,1H3,(H,24,25)/t16-,17-,18-,19?,22+/m1/s1. The van der Waals surface area contributed by atoms with E-state index in [1.807, 2.05) is 6.07 Å². The summed E-state index contributed by atoms with van der Waals surface area (Å²) in [5.41, 5.74) is 2.68. The molecule has 3 aliphatic carbocycles. The first-order chi connectivity index (χ1) is 12.9. The van der Waals surface area contributed by atoms with Crippen molar-refractivity contribution >= 4 is 11.9 Å². The number of ether oxygens (including phenoxy) is 1. The van der Waals surface area contributed by atoms with Gasteiger partial charge in [0.15, 0.2) is 0 Å². The highest BCUT2D eigenvalue weighted by atomic mass is 16.5. The van der Waals surface area contributed by atoms with Gasteiger partial charge in [-0.05, 0) is 79.5 Å². The van der Waals surface area contributed by atoms with Crippen LogP contribution >= 0.6 is 0 Å². The van der Waals surface area contributed by atoms with Crippen LogP contribution in [-0.4, -0.2) is 28.3 Å². The van der Waals surface area contributed by atoms with E-state index < -0.39 is 5.97 Å². The van der Waals surface area contributed by atoms with Crippen LogP contribution < -0.4 is 0 Å². The molecule has 2 N–H and O–H groups in total. The lowest BCUT2D eigenvalue weighted by molar-refractivity contribution is -0.159. The van der Waals surface area contributed by atoms with E-state index >= 15 is 0 Å². The molecule has 2 saturated carbocycles. The third kappa shape index (κ3) is 3.21. The molecule has 146 valence electrons. The van der Waals surface area contributed by atoms with Crippen LogP contribution in [0.1, 0.15) is 68.9 Å². The number of aliphatic carboxylic acids is 1. The molecule has 0 radical (unpaired) electrons. The number of aryl methyl sites for hydroxylation is 1. The number of carboxylic acids is 1. The molecule has 0 spiro atoms. The zero-order valence-corrected chi connectivity index (χ0v) is 15.8. The molecule has 0 heterocycles. The molecule has 1 aromatic rings. The molecular formula is C22H28O5. The van der Waals surface area contributed by atoms with Crippen molar-refractivity contribution in [2.24, 2.45) is 17.3 Å². The van der Waals surface area contributed by atoms with Crippen LogP contribution in [0.4, 0.5) is 0 Å². The molecule has 5 nitrogen and oxygen atoms in total. The lowest BCUT2D eigenvalue weighted by Gasteiger charge is -2.50. The highest BCUT2D eigenvalue weighted by Crippen LogP contribution is 2.61. The van der Waals surface area contributed by atoms with Gasteiger partial charge >= 0.3 is 11.9 Å². The Labute approximate surface area is 159 Å². The summed E-state index contributed by atoms with van der Waals surface area (Å²) in [7, 11) is 0. The SMILES string of the molecule is C[C@]12CC[C@@H]3c4ccc(O)cc4CC[C@H]3[C@H]1CCC2OC(=O)CCC(=O)O. The fraction of sp³-hybridized carbons (Fsp3) is 0.636. The topological polar surface area (TPSA) is 83.8 Å². The maximum Gasteiger partial charge on any atom is 0.306 e. The summed E-state index contributed by atoms with van der Waals surface area (Å²) in [6.07, 6.45) is 5.88. The summed E-state index contributed by atoms with van der Waals surface area (Å²) in [5, 5.41) is 18.6. The van der Waals surface area contributed by atoms with Crippen LogP contribution in [0.25, 0.3) is 0 Å². The molecular weight excluding hydrogens is 344 g/mol. The molecule has 0 aromatic heterocycles. The second-order valence-electron chi connectivity index (χ2n) is 8.79. The van der Waals surface area contributed by atoms with Crippen molar-refractivity contribution in [1.29, 1.82) is 0 Å². The monoisotopic (exact) mass is 372 g/mol. The Kier molecular flexibility index (Phi) is 4.65. The maximum absolute atomic E-state index is 12.1. The van der Waals surface area contributed by atoms with Crippen molar-refractivity contribution < 1.29 is 24.5 Å². The molecule has 2 fully saturated rings. The summed E-state index contributed by atoms with van der Waals surface area (Å²) in [6, 6.07) is 5.82. The van der Waals surface area contributed by atoms with Gasteiger partial charge in [-0.15, -0.1) is 0 Å². The number of phenols is 1. The first-order valence-electron chi connectivity index (χ1n) is 10.1. The Balaban J connectivity index is 1.49. The molecule has 1 unspecified atom stereocenters. The largest absolute Gasteiger partial charge is 0.508 e. The zero-order valence-electron chi connectivity index (χ0n) is 15.8. The molecule has 5 atom stereocenters. The predicted octanol–water partition coefficient (Wildman–Crippen LogP) is 4.02. The number of phenolic OH excluding ortho intramolecular Hbond substituents is 1. The zero-order chi connectivity index (χ0) is 19.2. The molecule has 0 amide bonds. The fourth-order valence-corrected chi connectivity index (χ4v) is 6.14. The normalized spacial score (nSPS) is 34.3. The number of hydrogen-bond acceptors (Lipinski definition) is 4. The van der Waals surface area contributed by atoms with Gasteiger partial charge in [0, 0.05) is 5.41 Å². The Hall–Kier alpha value is -2.04. The van der Waals surface area contributed by atoms with Crippen LogP contribution in [0.5, 0.6) is 5.75 Å². The van der Waals surface area contributed by atoms with Crippen molar-refractivity contribution in [2.75, 3.05) is 0 Å². The Morgan fingerprint density at radius 3 is 2.78 bits per heavy atom. The van der Waals surface area contributed by atoms with Crippen molar-refractivity contribution in [3.8, 4) is 5.75 Å². The Morgan fingerprint density at radius 1 is 1.19 bits per heavy atom. The molecule has 4 rings (SSSR count). The third-order valence-corrected chi connectivity index (χ3v) is 7.44. The smallest absolute Gasteiger partial charge is 0.306 e. The molecule has 0 bridgehead atoms. The van der Waals surface area contributed by atoms with Gasteiger partial charge in [0.1, 0.15) is 11.9 Å². The minimum Gasteiger partial charge on any atom is -0.508 e. The summed E-state index contributed by atoms with van der Waals surface area (Å²) in [4.78, 5) is 22.8. The third-order valence-electron chi connectivity index (χ3n) is 7.44. The lowest BCUT2D eigenvalue weighted by Crippen LogP contribution is -2.45. The summed E-state index contributed by atoms with van der Waals surface area (Å²) < 4.78 is 5.76. The first-order valence-corrected chi connectivity index (χ1v) is 10.1. The van der Waals surface area contributed by atoms with Gasteiger partial charge in [0.05, 0.1) is 12.8 Å². The minimum absolute atomic E-state index is 0.00548. The van der Waals surface area contributed by atoms with E-state index in [4.69, 9.17) is 9.84 Å². The maximum atomic E-state index is 12.1. The van der Waals surface area contributed by atoms with E-state index in [2.05, 4.69) is 13.0 Å². The number of carbonyl (C=O) groups is 2. The highest BCUT2D eigenvalue weighted by molar-refractivity contribution is 5.76. The molecule has 0 aliphatic heterocycles. The van der Waals surface area contributed by atoms with Crippen molar-refractivity contribution in [3.05, 3.63) is 29.3 Å². The van der Waals surface area contributed by atoms with Gasteiger partial charge in [0.2, 0.25) is 0 Å². The number of hydrogen-bond donors (Lipinski definition) is 2. The molecule has 3 aliphatic rings. The van der Waals surface area contributed by atoms with E-state index in [0.29, 0.717) is 23.5 Å². The number of esters is 1. The number of carboxylic acid groups (broad SMARTS) is 1. The van der Waals surface area contributed by atoms with Gasteiger partial charge in [0.25, 0.3) is 0 Å². The van der Waals surface area contributed by atoms with Crippen LogP contribution in [0, 0.1) is 17.3 Å². The van der Waals surface area contributed by atoms with E-state index in [9.17, 15) is 14.7 Å². The van der Waals surface area contributed by atoms with E-state index in [0.717, 1.165) is 38.5 Å². The Bertz CT molecular complexity index is 757. The second-order valence-corrected chi connectivity index (χ2v) is 8.79. The molecule has 1 aromatic carbocycles. The average Bonchev–Trinajstić information content (AvgIpc) is 2.96. The highest BCUT2D eigenvalue weighted by Gasteiger charge is 2.56. The van der Waals surface area contributed by atoms with Gasteiger partial charge in [-0.25, -0.2) is 0 Å². The van der Waals surface area contributed by atoms with E-state index in [-0.39, 0.29) is 30.3 Å². The second kappa shape index (κ2) is 6.84. The quantitative estimate of drug-likeness (QED) is 0.780. The van der Waals surface area contributed by atoms with Crippen molar-refractivity contribution in [2.45, 2.75) is 70.3 Å². The van der Waals surface area contributed by atoms with Gasteiger partial charge in [-0.1, -0.05) is 13.0 Å². The van der Waals surface area contributed by atoms with Crippen molar-refractivity contribution in [1.82, 2.24) is 0 Å². The van der Waals surface area contributed by atoms with Crippen molar-refractivity contribution in [3.63, 3.8) is 0 Å². The number of carbonyl (C=O) groups excluding carboxylic acids is 1. The van der Waals surface area contributed by atoms with Gasteiger partial charge in [-0.2, -0.15) is 0 Å². The lowest BCUT2D eigenvalue weighted by atomic mass is 9.55.